The number of aryl methyl sites for hydroxylation is 1. The standard InChI is InChI=1S/C23H30N4O2S/c1-4-18(2)20-7-9-22(10-8-20)30(28,29)27-14-12-25(13-15-27)16-21-17-26-11-5-6-19(3)23(26)24-21/h5-11,17-18H,4,12-16H2,1-3H3. The van der Waals surface area contributed by atoms with Crippen molar-refractivity contribution in [1.29, 1.82) is 0 Å². The predicted molar refractivity (Wildman–Crippen MR) is 119 cm³/mol. The van der Waals surface area contributed by atoms with Gasteiger partial charge in [-0.15, -0.1) is 0 Å². The molecule has 3 heterocycles. The molecule has 1 aliphatic rings. The molecule has 0 amide bonds. The summed E-state index contributed by atoms with van der Waals surface area (Å²) in [6.07, 6.45) is 5.11. The Kier molecular flexibility index (Phi) is 5.95. The fourth-order valence-corrected chi connectivity index (χ4v) is 5.41. The summed E-state index contributed by atoms with van der Waals surface area (Å²) in [7, 11) is -3.45. The minimum absolute atomic E-state index is 0.388. The summed E-state index contributed by atoms with van der Waals surface area (Å²) in [5.41, 5.74) is 4.33. The van der Waals surface area contributed by atoms with Crippen molar-refractivity contribution < 1.29 is 8.42 Å². The zero-order valence-electron chi connectivity index (χ0n) is 18.0. The Morgan fingerprint density at radius 1 is 1.07 bits per heavy atom. The molecule has 1 aromatic carbocycles. The first-order valence-corrected chi connectivity index (χ1v) is 12.1. The van der Waals surface area contributed by atoms with Gasteiger partial charge in [0.2, 0.25) is 10.0 Å². The largest absolute Gasteiger partial charge is 0.307 e. The van der Waals surface area contributed by atoms with Gasteiger partial charge in [0.25, 0.3) is 0 Å². The van der Waals surface area contributed by atoms with Gasteiger partial charge in [-0.3, -0.25) is 4.90 Å². The highest BCUT2D eigenvalue weighted by molar-refractivity contribution is 7.89. The normalized spacial score (nSPS) is 17.4. The number of rotatable bonds is 6. The van der Waals surface area contributed by atoms with E-state index in [-0.39, 0.29) is 0 Å². The van der Waals surface area contributed by atoms with Crippen LogP contribution in [0.15, 0.2) is 53.7 Å². The number of benzene rings is 1. The van der Waals surface area contributed by atoms with E-state index in [0.717, 1.165) is 29.9 Å². The summed E-state index contributed by atoms with van der Waals surface area (Å²) in [6, 6.07) is 11.5. The molecular weight excluding hydrogens is 396 g/mol. The maximum Gasteiger partial charge on any atom is 0.243 e. The molecule has 6 nitrogen and oxygen atoms in total. The van der Waals surface area contributed by atoms with Crippen LogP contribution < -0.4 is 0 Å². The van der Waals surface area contributed by atoms with Crippen molar-refractivity contribution in [2.45, 2.75) is 44.6 Å². The molecule has 0 aliphatic carbocycles. The lowest BCUT2D eigenvalue weighted by Gasteiger charge is -2.33. The minimum Gasteiger partial charge on any atom is -0.307 e. The van der Waals surface area contributed by atoms with E-state index >= 15 is 0 Å². The third-order valence-corrected chi connectivity index (χ3v) is 8.06. The van der Waals surface area contributed by atoms with Crippen molar-refractivity contribution >= 4 is 15.7 Å². The van der Waals surface area contributed by atoms with Crippen LogP contribution in [-0.4, -0.2) is 53.2 Å². The lowest BCUT2D eigenvalue weighted by molar-refractivity contribution is 0.180. The van der Waals surface area contributed by atoms with Gasteiger partial charge in [0.05, 0.1) is 10.6 Å². The summed E-state index contributed by atoms with van der Waals surface area (Å²) < 4.78 is 29.8. The Labute approximate surface area is 179 Å². The van der Waals surface area contributed by atoms with Crippen LogP contribution in [0.2, 0.25) is 0 Å². The third kappa shape index (κ3) is 4.15. The Morgan fingerprint density at radius 2 is 1.77 bits per heavy atom. The highest BCUT2D eigenvalue weighted by Crippen LogP contribution is 2.23. The Balaban J connectivity index is 1.40. The fourth-order valence-electron chi connectivity index (χ4n) is 3.99. The summed E-state index contributed by atoms with van der Waals surface area (Å²) in [5.74, 6) is 0.439. The maximum absolute atomic E-state index is 13.0. The van der Waals surface area contributed by atoms with Crippen LogP contribution in [0.1, 0.15) is 43.0 Å². The van der Waals surface area contributed by atoms with Gasteiger partial charge in [-0.05, 0) is 48.6 Å². The number of nitrogens with zero attached hydrogens (tertiary/aromatic N) is 4. The maximum atomic E-state index is 13.0. The van der Waals surface area contributed by atoms with Crippen LogP contribution in [0.5, 0.6) is 0 Å². The van der Waals surface area contributed by atoms with Gasteiger partial charge in [0, 0.05) is 45.1 Å². The molecule has 1 unspecified atom stereocenters. The van der Waals surface area contributed by atoms with Gasteiger partial charge in [-0.25, -0.2) is 13.4 Å². The molecule has 160 valence electrons. The molecule has 2 aromatic heterocycles. The lowest BCUT2D eigenvalue weighted by Crippen LogP contribution is -2.48. The molecule has 0 spiro atoms. The van der Waals surface area contributed by atoms with E-state index in [1.54, 1.807) is 16.4 Å². The van der Waals surface area contributed by atoms with Crippen molar-refractivity contribution in [2.75, 3.05) is 26.2 Å². The van der Waals surface area contributed by atoms with E-state index < -0.39 is 10.0 Å². The first kappa shape index (κ1) is 21.0. The van der Waals surface area contributed by atoms with Crippen molar-refractivity contribution in [3.05, 3.63) is 65.6 Å². The smallest absolute Gasteiger partial charge is 0.243 e. The molecule has 0 saturated carbocycles. The molecule has 30 heavy (non-hydrogen) atoms. The first-order chi connectivity index (χ1) is 14.4. The summed E-state index contributed by atoms with van der Waals surface area (Å²) in [5, 5.41) is 0. The van der Waals surface area contributed by atoms with Crippen molar-refractivity contribution in [2.24, 2.45) is 0 Å². The van der Waals surface area contributed by atoms with E-state index in [0.29, 0.717) is 37.0 Å². The van der Waals surface area contributed by atoms with Crippen LogP contribution in [0.25, 0.3) is 5.65 Å². The van der Waals surface area contributed by atoms with E-state index in [2.05, 4.69) is 42.3 Å². The molecule has 0 radical (unpaired) electrons. The quantitative estimate of drug-likeness (QED) is 0.604. The molecule has 1 saturated heterocycles. The molecule has 3 aromatic rings. The van der Waals surface area contributed by atoms with Crippen LogP contribution in [0.3, 0.4) is 0 Å². The van der Waals surface area contributed by atoms with Gasteiger partial charge < -0.3 is 4.40 Å². The van der Waals surface area contributed by atoms with Crippen LogP contribution in [0, 0.1) is 6.92 Å². The number of hydrogen-bond donors (Lipinski definition) is 0. The van der Waals surface area contributed by atoms with E-state index in [1.807, 2.05) is 24.4 Å². The number of aromatic nitrogens is 2. The molecule has 0 bridgehead atoms. The van der Waals surface area contributed by atoms with Gasteiger partial charge >= 0.3 is 0 Å². The molecule has 1 aliphatic heterocycles. The van der Waals surface area contributed by atoms with Gasteiger partial charge in [-0.1, -0.05) is 32.0 Å². The second kappa shape index (κ2) is 8.49. The molecule has 1 atom stereocenters. The Morgan fingerprint density at radius 3 is 2.40 bits per heavy atom. The van der Waals surface area contributed by atoms with E-state index in [1.165, 1.54) is 5.56 Å². The number of pyridine rings is 1. The van der Waals surface area contributed by atoms with Crippen LogP contribution in [0.4, 0.5) is 0 Å². The van der Waals surface area contributed by atoms with Gasteiger partial charge in [-0.2, -0.15) is 4.31 Å². The number of hydrogen-bond acceptors (Lipinski definition) is 4. The first-order valence-electron chi connectivity index (χ1n) is 10.6. The number of sulfonamides is 1. The summed E-state index contributed by atoms with van der Waals surface area (Å²) in [6.45, 7) is 9.51. The average molecular weight is 427 g/mol. The Bertz CT molecular complexity index is 1110. The van der Waals surface area contributed by atoms with Crippen molar-refractivity contribution in [3.63, 3.8) is 0 Å². The average Bonchev–Trinajstić information content (AvgIpc) is 3.17. The second-order valence-electron chi connectivity index (χ2n) is 8.21. The molecule has 0 N–H and O–H groups in total. The molecule has 7 heteroatoms. The predicted octanol–water partition coefficient (Wildman–Crippen LogP) is 3.66. The van der Waals surface area contributed by atoms with Gasteiger partial charge in [0.15, 0.2) is 0 Å². The van der Waals surface area contributed by atoms with Crippen LogP contribution in [-0.2, 0) is 16.6 Å². The number of imidazole rings is 1. The lowest BCUT2D eigenvalue weighted by atomic mass is 9.99. The minimum atomic E-state index is -3.45. The molecular formula is C23H30N4O2S. The summed E-state index contributed by atoms with van der Waals surface area (Å²) in [4.78, 5) is 7.40. The van der Waals surface area contributed by atoms with E-state index in [9.17, 15) is 8.42 Å². The van der Waals surface area contributed by atoms with Gasteiger partial charge in [0.1, 0.15) is 5.65 Å². The molecule has 1 fully saturated rings. The van der Waals surface area contributed by atoms with E-state index in [4.69, 9.17) is 4.98 Å². The second-order valence-corrected chi connectivity index (χ2v) is 10.2. The highest BCUT2D eigenvalue weighted by Gasteiger charge is 2.28. The molecule has 4 rings (SSSR count). The SMILES string of the molecule is CCC(C)c1ccc(S(=O)(=O)N2CCN(Cc3cn4cccc(C)c4n3)CC2)cc1. The third-order valence-electron chi connectivity index (χ3n) is 6.14. The summed E-state index contributed by atoms with van der Waals surface area (Å²) >= 11 is 0. The number of piperazine rings is 1. The highest BCUT2D eigenvalue weighted by atomic mass is 32.2. The fraction of sp³-hybridized carbons (Fsp3) is 0.435. The number of fused-ring (bicyclic) bond motifs is 1. The van der Waals surface area contributed by atoms with Crippen molar-refractivity contribution in [1.82, 2.24) is 18.6 Å². The topological polar surface area (TPSA) is 57.9 Å². The zero-order chi connectivity index (χ0) is 21.3. The monoisotopic (exact) mass is 426 g/mol. The zero-order valence-corrected chi connectivity index (χ0v) is 18.8. The van der Waals surface area contributed by atoms with Crippen molar-refractivity contribution in [3.8, 4) is 0 Å². The Hall–Kier alpha value is -2.22. The van der Waals surface area contributed by atoms with Crippen LogP contribution >= 0.6 is 0 Å².